The van der Waals surface area contributed by atoms with Gasteiger partial charge in [-0.05, 0) is 11.6 Å². The molecule has 0 radical (unpaired) electrons. The van der Waals surface area contributed by atoms with Crippen LogP contribution in [0, 0.1) is 10.1 Å². The van der Waals surface area contributed by atoms with Crippen molar-refractivity contribution < 1.29 is 19.2 Å². The van der Waals surface area contributed by atoms with E-state index in [-0.39, 0.29) is 16.6 Å². The van der Waals surface area contributed by atoms with Crippen molar-refractivity contribution in [2.45, 2.75) is 0 Å². The number of methoxy groups -OCH3 is 1. The highest BCUT2D eigenvalue weighted by atomic mass is 32.2. The minimum Gasteiger partial charge on any atom is -0.468 e. The Kier molecular flexibility index (Phi) is 4.88. The lowest BCUT2D eigenvalue weighted by atomic mass is 10.2. The molecule has 0 spiro atoms. The number of carbonyl (C=O) groups excluding carboxylic acids is 2. The first kappa shape index (κ1) is 16.1. The maximum Gasteiger partial charge on any atom is 0.325 e. The third-order valence-corrected chi connectivity index (χ3v) is 4.15. The first-order chi connectivity index (χ1) is 10.4. The molecule has 0 atom stereocenters. The predicted octanol–water partition coefficient (Wildman–Crippen LogP) is 1.97. The molecule has 9 heteroatoms. The second-order valence-electron chi connectivity index (χ2n) is 4.20. The maximum absolute atomic E-state index is 12.2. The molecule has 1 aliphatic rings. The average molecular weight is 338 g/mol. The highest BCUT2D eigenvalue weighted by molar-refractivity contribution is 8.26. The summed E-state index contributed by atoms with van der Waals surface area (Å²) in [6.07, 6.45) is 1.50. The van der Waals surface area contributed by atoms with Crippen molar-refractivity contribution in [2.24, 2.45) is 0 Å². The Morgan fingerprint density at radius 3 is 2.91 bits per heavy atom. The van der Waals surface area contributed by atoms with E-state index in [1.807, 2.05) is 0 Å². The number of hydrogen-bond donors (Lipinski definition) is 0. The van der Waals surface area contributed by atoms with Crippen molar-refractivity contribution in [1.82, 2.24) is 4.90 Å². The van der Waals surface area contributed by atoms with E-state index in [1.165, 1.54) is 31.4 Å². The van der Waals surface area contributed by atoms with Crippen LogP contribution in [0.2, 0.25) is 0 Å². The summed E-state index contributed by atoms with van der Waals surface area (Å²) in [5, 5.41) is 10.7. The topological polar surface area (TPSA) is 89.8 Å². The molecule has 1 heterocycles. The van der Waals surface area contributed by atoms with Crippen LogP contribution in [0.5, 0.6) is 0 Å². The molecular weight excluding hydrogens is 328 g/mol. The fraction of sp³-hybridized carbons (Fsp3) is 0.154. The van der Waals surface area contributed by atoms with Crippen LogP contribution in [0.15, 0.2) is 29.2 Å². The van der Waals surface area contributed by atoms with Crippen molar-refractivity contribution in [3.05, 3.63) is 44.8 Å². The van der Waals surface area contributed by atoms with Gasteiger partial charge in [0.05, 0.1) is 16.9 Å². The Hall–Kier alpha value is -2.26. The number of nitro groups is 1. The summed E-state index contributed by atoms with van der Waals surface area (Å²) >= 11 is 6.09. The van der Waals surface area contributed by atoms with Crippen LogP contribution < -0.4 is 0 Å². The van der Waals surface area contributed by atoms with Crippen molar-refractivity contribution in [3.8, 4) is 0 Å². The summed E-state index contributed by atoms with van der Waals surface area (Å²) in [6, 6.07) is 5.88. The van der Waals surface area contributed by atoms with Gasteiger partial charge < -0.3 is 4.74 Å². The Bertz CT molecular complexity index is 701. The van der Waals surface area contributed by atoms with Gasteiger partial charge in [0.25, 0.3) is 11.6 Å². The normalized spacial score (nSPS) is 16.2. The molecule has 2 rings (SSSR count). The molecule has 1 amide bonds. The molecule has 0 saturated carbocycles. The molecular formula is C13H10N2O5S2. The van der Waals surface area contributed by atoms with Crippen molar-refractivity contribution >= 4 is 51.9 Å². The van der Waals surface area contributed by atoms with Crippen molar-refractivity contribution in [2.75, 3.05) is 13.7 Å². The van der Waals surface area contributed by atoms with Crippen molar-refractivity contribution in [3.63, 3.8) is 0 Å². The van der Waals surface area contributed by atoms with E-state index in [0.29, 0.717) is 10.5 Å². The molecule has 0 unspecified atom stereocenters. The Morgan fingerprint density at radius 1 is 1.55 bits per heavy atom. The zero-order chi connectivity index (χ0) is 16.3. The summed E-state index contributed by atoms with van der Waals surface area (Å²) in [5.74, 6) is -1.00. The Balaban J connectivity index is 2.24. The Morgan fingerprint density at radius 2 is 2.27 bits per heavy atom. The minimum atomic E-state index is -0.576. The lowest BCUT2D eigenvalue weighted by Crippen LogP contribution is -2.33. The molecule has 7 nitrogen and oxygen atoms in total. The smallest absolute Gasteiger partial charge is 0.325 e. The quantitative estimate of drug-likeness (QED) is 0.272. The second kappa shape index (κ2) is 6.67. The number of rotatable bonds is 4. The summed E-state index contributed by atoms with van der Waals surface area (Å²) in [5.41, 5.74) is 0.437. The van der Waals surface area contributed by atoms with E-state index in [9.17, 15) is 19.7 Å². The van der Waals surface area contributed by atoms with Crippen LogP contribution in [0.25, 0.3) is 6.08 Å². The minimum absolute atomic E-state index is 0.0706. The lowest BCUT2D eigenvalue weighted by Gasteiger charge is -2.11. The van der Waals surface area contributed by atoms with Crippen LogP contribution >= 0.6 is 24.0 Å². The Labute approximate surface area is 135 Å². The maximum atomic E-state index is 12.2. The number of thiocarbonyl (C=S) groups is 1. The van der Waals surface area contributed by atoms with E-state index in [1.54, 1.807) is 6.07 Å². The van der Waals surface area contributed by atoms with E-state index in [4.69, 9.17) is 12.2 Å². The molecule has 1 aromatic carbocycles. The standard InChI is InChI=1S/C13H10N2O5S2/c1-20-11(16)7-14-12(17)10(22-13(14)21)6-8-3-2-4-9(5-8)15(18)19/h2-6H,7H2,1H3/b10-6-. The number of nitrogens with zero attached hydrogens (tertiary/aromatic N) is 2. The monoisotopic (exact) mass is 338 g/mol. The van der Waals surface area contributed by atoms with E-state index >= 15 is 0 Å². The largest absolute Gasteiger partial charge is 0.468 e. The third kappa shape index (κ3) is 3.49. The SMILES string of the molecule is COC(=O)CN1C(=O)/C(=C/c2cccc([N+](=O)[O-])c2)SC1=S. The van der Waals surface area contributed by atoms with Crippen LogP contribution in [0.1, 0.15) is 5.56 Å². The molecule has 1 aromatic rings. The highest BCUT2D eigenvalue weighted by Gasteiger charge is 2.33. The fourth-order valence-electron chi connectivity index (χ4n) is 1.71. The van der Waals surface area contributed by atoms with Gasteiger partial charge in [-0.3, -0.25) is 24.6 Å². The lowest BCUT2D eigenvalue weighted by molar-refractivity contribution is -0.384. The molecule has 0 aliphatic carbocycles. The zero-order valence-corrected chi connectivity index (χ0v) is 13.0. The van der Waals surface area contributed by atoms with E-state index in [0.717, 1.165) is 16.7 Å². The second-order valence-corrected chi connectivity index (χ2v) is 5.87. The molecule has 114 valence electrons. The van der Waals surface area contributed by atoms with Gasteiger partial charge in [-0.15, -0.1) is 0 Å². The average Bonchev–Trinajstić information content (AvgIpc) is 2.75. The van der Waals surface area contributed by atoms with E-state index < -0.39 is 16.8 Å². The molecule has 1 saturated heterocycles. The zero-order valence-electron chi connectivity index (χ0n) is 11.3. The highest BCUT2D eigenvalue weighted by Crippen LogP contribution is 2.32. The number of non-ortho nitro benzene ring substituents is 1. The molecule has 22 heavy (non-hydrogen) atoms. The molecule has 0 bridgehead atoms. The van der Waals surface area contributed by atoms with Gasteiger partial charge in [0.15, 0.2) is 0 Å². The first-order valence-electron chi connectivity index (χ1n) is 5.99. The van der Waals surface area contributed by atoms with Crippen LogP contribution in [0.3, 0.4) is 0 Å². The van der Waals surface area contributed by atoms with Gasteiger partial charge >= 0.3 is 5.97 Å². The fourth-order valence-corrected chi connectivity index (χ4v) is 2.96. The van der Waals surface area contributed by atoms with Gasteiger partial charge in [-0.1, -0.05) is 36.1 Å². The van der Waals surface area contributed by atoms with Crippen molar-refractivity contribution in [1.29, 1.82) is 0 Å². The number of benzene rings is 1. The number of carbonyl (C=O) groups is 2. The van der Waals surface area contributed by atoms with Crippen LogP contribution in [-0.2, 0) is 14.3 Å². The van der Waals surface area contributed by atoms with Gasteiger partial charge in [0.1, 0.15) is 10.9 Å². The number of hydrogen-bond acceptors (Lipinski definition) is 7. The molecule has 0 N–H and O–H groups in total. The summed E-state index contributed by atoms with van der Waals surface area (Å²) in [7, 11) is 1.22. The molecule has 1 aliphatic heterocycles. The predicted molar refractivity (Wildman–Crippen MR) is 85.0 cm³/mol. The number of esters is 1. The molecule has 0 aromatic heterocycles. The number of amides is 1. The summed E-state index contributed by atoms with van der Waals surface area (Å²) in [6.45, 7) is -0.257. The molecule has 1 fully saturated rings. The summed E-state index contributed by atoms with van der Waals surface area (Å²) in [4.78, 5) is 35.1. The van der Waals surface area contributed by atoms with Gasteiger partial charge in [0.2, 0.25) is 0 Å². The number of thioether (sulfide) groups is 1. The van der Waals surface area contributed by atoms with Crippen LogP contribution in [0.4, 0.5) is 5.69 Å². The van der Waals surface area contributed by atoms with E-state index in [2.05, 4.69) is 4.74 Å². The third-order valence-electron chi connectivity index (χ3n) is 2.77. The van der Waals surface area contributed by atoms with Crippen LogP contribution in [-0.4, -0.2) is 39.7 Å². The summed E-state index contributed by atoms with van der Waals surface area (Å²) < 4.78 is 4.75. The van der Waals surface area contributed by atoms with Gasteiger partial charge in [0, 0.05) is 12.1 Å². The number of ether oxygens (including phenoxy) is 1. The van der Waals surface area contributed by atoms with Gasteiger partial charge in [-0.2, -0.15) is 0 Å². The first-order valence-corrected chi connectivity index (χ1v) is 7.21. The van der Waals surface area contributed by atoms with Gasteiger partial charge in [-0.25, -0.2) is 0 Å². The number of nitro benzene ring substituents is 1.